The van der Waals surface area contributed by atoms with Crippen LogP contribution in [-0.2, 0) is 6.54 Å². The Balaban J connectivity index is 1.91. The number of nitrogens with two attached hydrogens (primary N) is 1. The Morgan fingerprint density at radius 3 is 2.29 bits per heavy atom. The summed E-state index contributed by atoms with van der Waals surface area (Å²) < 4.78 is 0. The molecule has 17 heavy (non-hydrogen) atoms. The first-order valence-electron chi connectivity index (χ1n) is 6.67. The van der Waals surface area contributed by atoms with Crippen LogP contribution < -0.4 is 5.73 Å². The molecule has 1 fully saturated rings. The normalized spacial score (nSPS) is 19.2. The van der Waals surface area contributed by atoms with Crippen molar-refractivity contribution in [3.05, 3.63) is 41.3 Å². The van der Waals surface area contributed by atoms with Crippen LogP contribution in [-0.4, -0.2) is 0 Å². The second-order valence-electron chi connectivity index (χ2n) is 5.07. The van der Waals surface area contributed by atoms with E-state index >= 15 is 0 Å². The lowest BCUT2D eigenvalue weighted by Gasteiger charge is -2.24. The summed E-state index contributed by atoms with van der Waals surface area (Å²) in [6, 6.07) is 8.75. The second-order valence-corrected chi connectivity index (χ2v) is 5.87. The first-order chi connectivity index (χ1) is 8.29. The van der Waals surface area contributed by atoms with Gasteiger partial charge in [0.05, 0.1) is 0 Å². The lowest BCUT2D eigenvalue weighted by Crippen LogP contribution is -2.06. The van der Waals surface area contributed by atoms with E-state index < -0.39 is 0 Å². The highest BCUT2D eigenvalue weighted by Crippen LogP contribution is 2.37. The highest BCUT2D eigenvalue weighted by atomic mass is 31.0. The van der Waals surface area contributed by atoms with Crippen molar-refractivity contribution >= 4 is 9.24 Å². The predicted octanol–water partition coefficient (Wildman–Crippen LogP) is 3.99. The van der Waals surface area contributed by atoms with Gasteiger partial charge in [0.25, 0.3) is 0 Å². The Hall–Kier alpha value is -0.390. The van der Waals surface area contributed by atoms with Gasteiger partial charge >= 0.3 is 0 Å². The van der Waals surface area contributed by atoms with Crippen molar-refractivity contribution in [2.45, 2.75) is 50.7 Å². The minimum Gasteiger partial charge on any atom is -0.326 e. The van der Waals surface area contributed by atoms with Gasteiger partial charge in [0, 0.05) is 6.54 Å². The largest absolute Gasteiger partial charge is 0.326 e. The molecule has 0 heterocycles. The monoisotopic (exact) mass is 248 g/mol. The third kappa shape index (κ3) is 3.79. The fraction of sp³-hybridized carbons (Fsp3) is 0.533. The van der Waals surface area contributed by atoms with Crippen molar-refractivity contribution in [2.75, 3.05) is 0 Å². The molecule has 0 aliphatic heterocycles. The maximum absolute atomic E-state index is 5.62. The first-order valence-corrected chi connectivity index (χ1v) is 7.34. The molecule has 2 rings (SSSR count). The molecule has 1 aromatic rings. The number of rotatable bonds is 4. The van der Waals surface area contributed by atoms with Crippen molar-refractivity contribution in [3.8, 4) is 0 Å². The van der Waals surface area contributed by atoms with Crippen LogP contribution in [0.1, 0.15) is 55.3 Å². The average Bonchev–Trinajstić information content (AvgIpc) is 2.40. The van der Waals surface area contributed by atoms with Crippen molar-refractivity contribution in [3.63, 3.8) is 0 Å². The van der Waals surface area contributed by atoms with E-state index in [1.807, 2.05) is 0 Å². The van der Waals surface area contributed by atoms with Crippen LogP contribution in [0.15, 0.2) is 24.3 Å². The van der Waals surface area contributed by atoms with Crippen molar-refractivity contribution in [1.29, 1.82) is 0 Å². The van der Waals surface area contributed by atoms with Crippen molar-refractivity contribution in [1.82, 2.24) is 0 Å². The molecule has 2 N–H and O–H groups in total. The van der Waals surface area contributed by atoms with Gasteiger partial charge in [-0.25, -0.2) is 0 Å². The minimum atomic E-state index is 0.579. The maximum atomic E-state index is 5.62. The molecule has 1 aliphatic rings. The van der Waals surface area contributed by atoms with Gasteiger partial charge in [-0.3, -0.25) is 0 Å². The SMILES string of the molecule is NCc1ccc(C(P)C[C]2CCCCC2)cc1. The molecule has 2 atom stereocenters. The summed E-state index contributed by atoms with van der Waals surface area (Å²) in [7, 11) is 3.00. The number of benzene rings is 1. The molecular formula is C15H23NP. The minimum absolute atomic E-state index is 0.579. The molecule has 93 valence electrons. The molecule has 0 aromatic heterocycles. The van der Waals surface area contributed by atoms with Crippen molar-refractivity contribution in [2.24, 2.45) is 5.73 Å². The van der Waals surface area contributed by atoms with Crippen LogP contribution in [0, 0.1) is 5.92 Å². The fourth-order valence-electron chi connectivity index (χ4n) is 2.59. The molecule has 0 bridgehead atoms. The summed E-state index contributed by atoms with van der Waals surface area (Å²) in [6.07, 6.45) is 8.18. The van der Waals surface area contributed by atoms with Gasteiger partial charge < -0.3 is 5.73 Å². The van der Waals surface area contributed by atoms with Gasteiger partial charge in [0.15, 0.2) is 0 Å². The zero-order chi connectivity index (χ0) is 12.1. The smallest absolute Gasteiger partial charge is 0.0178 e. The van der Waals surface area contributed by atoms with E-state index in [0.717, 1.165) is 0 Å². The van der Waals surface area contributed by atoms with Crippen LogP contribution in [0.25, 0.3) is 0 Å². The molecule has 0 spiro atoms. The fourth-order valence-corrected chi connectivity index (χ4v) is 3.14. The van der Waals surface area contributed by atoms with E-state index in [2.05, 4.69) is 33.5 Å². The molecule has 1 nitrogen and oxygen atoms in total. The van der Waals surface area contributed by atoms with Crippen LogP contribution in [0.2, 0.25) is 0 Å². The van der Waals surface area contributed by atoms with E-state index in [0.29, 0.717) is 12.2 Å². The molecule has 1 radical (unpaired) electrons. The van der Waals surface area contributed by atoms with Crippen LogP contribution in [0.5, 0.6) is 0 Å². The summed E-state index contributed by atoms with van der Waals surface area (Å²) in [5.74, 6) is 1.76. The summed E-state index contributed by atoms with van der Waals surface area (Å²) in [6.45, 7) is 0.638. The molecule has 1 aliphatic carbocycles. The average molecular weight is 248 g/mol. The van der Waals surface area contributed by atoms with Gasteiger partial charge in [0.1, 0.15) is 0 Å². The third-order valence-electron chi connectivity index (χ3n) is 3.71. The Kier molecular flexibility index (Phi) is 5.00. The Morgan fingerprint density at radius 1 is 1.06 bits per heavy atom. The lowest BCUT2D eigenvalue weighted by molar-refractivity contribution is 0.503. The van der Waals surface area contributed by atoms with Gasteiger partial charge in [-0.1, -0.05) is 43.5 Å². The van der Waals surface area contributed by atoms with E-state index in [9.17, 15) is 0 Å². The van der Waals surface area contributed by atoms with Crippen molar-refractivity contribution < 1.29 is 0 Å². The zero-order valence-corrected chi connectivity index (χ0v) is 11.6. The van der Waals surface area contributed by atoms with Crippen LogP contribution >= 0.6 is 9.24 Å². The summed E-state index contributed by atoms with van der Waals surface area (Å²) in [5.41, 5.74) is 8.84. The topological polar surface area (TPSA) is 26.0 Å². The van der Waals surface area contributed by atoms with E-state index in [4.69, 9.17) is 5.73 Å². The van der Waals surface area contributed by atoms with Gasteiger partial charge in [0.2, 0.25) is 0 Å². The highest BCUT2D eigenvalue weighted by molar-refractivity contribution is 7.17. The number of hydrogen-bond donors (Lipinski definition) is 1. The molecule has 1 aromatic carbocycles. The van der Waals surface area contributed by atoms with Gasteiger partial charge in [-0.15, -0.1) is 9.24 Å². The summed E-state index contributed by atoms with van der Waals surface area (Å²) >= 11 is 0. The molecule has 1 saturated carbocycles. The van der Waals surface area contributed by atoms with Crippen LogP contribution in [0.4, 0.5) is 0 Å². The molecule has 0 saturated heterocycles. The molecule has 0 amide bonds. The quantitative estimate of drug-likeness (QED) is 0.801. The predicted molar refractivity (Wildman–Crippen MR) is 77.7 cm³/mol. The standard InChI is InChI=1S/C15H23NP/c16-11-13-6-8-14(9-7-13)15(17)10-12-4-2-1-3-5-12/h6-9,15H,1-5,10-11,16-17H2. The summed E-state index contributed by atoms with van der Waals surface area (Å²) in [5, 5.41) is 0. The van der Waals surface area contributed by atoms with Gasteiger partial charge in [-0.05, 0) is 42.0 Å². The molecule has 2 heteroatoms. The highest BCUT2D eigenvalue weighted by Gasteiger charge is 2.17. The molecular weight excluding hydrogens is 225 g/mol. The maximum Gasteiger partial charge on any atom is 0.0178 e. The lowest BCUT2D eigenvalue weighted by atomic mass is 9.85. The van der Waals surface area contributed by atoms with E-state index in [-0.39, 0.29) is 0 Å². The Labute approximate surface area is 107 Å². The summed E-state index contributed by atoms with van der Waals surface area (Å²) in [4.78, 5) is 0. The Morgan fingerprint density at radius 2 is 1.71 bits per heavy atom. The van der Waals surface area contributed by atoms with Crippen LogP contribution in [0.3, 0.4) is 0 Å². The zero-order valence-electron chi connectivity index (χ0n) is 10.5. The first kappa shape index (κ1) is 13.1. The second kappa shape index (κ2) is 6.52. The van der Waals surface area contributed by atoms with Gasteiger partial charge in [-0.2, -0.15) is 0 Å². The molecule has 2 unspecified atom stereocenters. The van der Waals surface area contributed by atoms with E-state index in [1.165, 1.54) is 49.7 Å². The number of hydrogen-bond acceptors (Lipinski definition) is 1. The van der Waals surface area contributed by atoms with E-state index in [1.54, 1.807) is 5.92 Å². The third-order valence-corrected chi connectivity index (χ3v) is 4.33. The Bertz CT molecular complexity index is 327.